The van der Waals surface area contributed by atoms with E-state index in [4.69, 9.17) is 4.52 Å². The van der Waals surface area contributed by atoms with Gasteiger partial charge in [-0.3, -0.25) is 4.99 Å². The molecule has 1 heterocycles. The van der Waals surface area contributed by atoms with Crippen LogP contribution < -0.4 is 10.6 Å². The molecule has 0 unspecified atom stereocenters. The highest BCUT2D eigenvalue weighted by Gasteiger charge is 2.06. The lowest BCUT2D eigenvalue weighted by atomic mass is 10.1. The van der Waals surface area contributed by atoms with E-state index in [1.54, 1.807) is 37.0 Å². The van der Waals surface area contributed by atoms with Crippen LogP contribution in [0.2, 0.25) is 0 Å². The van der Waals surface area contributed by atoms with Gasteiger partial charge in [-0.15, -0.1) is 0 Å². The zero-order chi connectivity index (χ0) is 15.8. The molecule has 0 spiro atoms. The second-order valence-electron chi connectivity index (χ2n) is 4.62. The molecule has 2 N–H and O–H groups in total. The third-order valence-electron chi connectivity index (χ3n) is 3.07. The van der Waals surface area contributed by atoms with Crippen molar-refractivity contribution < 1.29 is 8.91 Å². The van der Waals surface area contributed by atoms with E-state index in [2.05, 4.69) is 20.8 Å². The minimum absolute atomic E-state index is 0.207. The summed E-state index contributed by atoms with van der Waals surface area (Å²) in [5.74, 6) is 1.23. The summed E-state index contributed by atoms with van der Waals surface area (Å²) < 4.78 is 18.1. The topological polar surface area (TPSA) is 62.5 Å². The standard InChI is InChI=1S/C15H19FN4OS/c1-17-15(19-9-14-5-6-21-20-14)18-8-11-3-4-13(16)7-12(11)10-22-2/h3-7H,8-10H2,1-2H3,(H2,17,18,19). The number of rotatable bonds is 6. The Morgan fingerprint density at radius 3 is 2.77 bits per heavy atom. The number of nitrogens with one attached hydrogen (secondary N) is 2. The van der Waals surface area contributed by atoms with Crippen molar-refractivity contribution in [3.8, 4) is 0 Å². The van der Waals surface area contributed by atoms with Gasteiger partial charge >= 0.3 is 0 Å². The van der Waals surface area contributed by atoms with Gasteiger partial charge in [0, 0.05) is 25.4 Å². The zero-order valence-corrected chi connectivity index (χ0v) is 13.4. The van der Waals surface area contributed by atoms with E-state index in [-0.39, 0.29) is 5.82 Å². The van der Waals surface area contributed by atoms with Gasteiger partial charge in [-0.25, -0.2) is 4.39 Å². The minimum atomic E-state index is -0.207. The van der Waals surface area contributed by atoms with E-state index in [1.807, 2.05) is 6.26 Å². The Balaban J connectivity index is 1.92. The molecule has 1 aromatic carbocycles. The average molecular weight is 322 g/mol. The Morgan fingerprint density at radius 1 is 1.27 bits per heavy atom. The fourth-order valence-electron chi connectivity index (χ4n) is 1.96. The van der Waals surface area contributed by atoms with Crippen LogP contribution in [-0.2, 0) is 18.8 Å². The first-order chi connectivity index (χ1) is 10.7. The maximum absolute atomic E-state index is 13.3. The van der Waals surface area contributed by atoms with Gasteiger partial charge in [0.05, 0.1) is 6.54 Å². The zero-order valence-electron chi connectivity index (χ0n) is 12.6. The maximum Gasteiger partial charge on any atom is 0.191 e. The molecule has 2 rings (SSSR count). The highest BCUT2D eigenvalue weighted by atomic mass is 32.2. The first kappa shape index (κ1) is 16.4. The van der Waals surface area contributed by atoms with Crippen molar-refractivity contribution in [1.82, 2.24) is 15.8 Å². The number of aromatic nitrogens is 1. The van der Waals surface area contributed by atoms with Gasteiger partial charge in [-0.2, -0.15) is 11.8 Å². The lowest BCUT2D eigenvalue weighted by molar-refractivity contribution is 0.410. The molecule has 2 aromatic rings. The number of hydrogen-bond acceptors (Lipinski definition) is 4. The first-order valence-electron chi connectivity index (χ1n) is 6.83. The first-order valence-corrected chi connectivity index (χ1v) is 8.22. The molecule has 0 aliphatic carbocycles. The van der Waals surface area contributed by atoms with Gasteiger partial charge in [0.15, 0.2) is 5.96 Å². The predicted octanol–water partition coefficient (Wildman–Crippen LogP) is 2.54. The van der Waals surface area contributed by atoms with Crippen molar-refractivity contribution in [1.29, 1.82) is 0 Å². The molecule has 1 aromatic heterocycles. The van der Waals surface area contributed by atoms with Gasteiger partial charge in [-0.1, -0.05) is 11.2 Å². The molecule has 0 amide bonds. The summed E-state index contributed by atoms with van der Waals surface area (Å²) in [7, 11) is 1.70. The van der Waals surface area contributed by atoms with Crippen LogP contribution in [-0.4, -0.2) is 24.4 Å². The maximum atomic E-state index is 13.3. The Kier molecular flexibility index (Phi) is 6.27. The molecule has 0 atom stereocenters. The molecule has 0 saturated carbocycles. The third kappa shape index (κ3) is 4.77. The average Bonchev–Trinajstić information content (AvgIpc) is 3.03. The molecule has 118 valence electrons. The number of guanidine groups is 1. The molecular formula is C15H19FN4OS. The Morgan fingerprint density at radius 2 is 2.09 bits per heavy atom. The van der Waals surface area contributed by atoms with Gasteiger partial charge in [0.25, 0.3) is 0 Å². The van der Waals surface area contributed by atoms with E-state index in [9.17, 15) is 4.39 Å². The quantitative estimate of drug-likeness (QED) is 0.632. The SMILES string of the molecule is CN=C(NCc1ccon1)NCc1ccc(F)cc1CSC. The summed E-state index contributed by atoms with van der Waals surface area (Å²) in [4.78, 5) is 4.15. The van der Waals surface area contributed by atoms with Gasteiger partial charge in [-0.05, 0) is 29.5 Å². The van der Waals surface area contributed by atoms with Crippen molar-refractivity contribution in [2.24, 2.45) is 4.99 Å². The fourth-order valence-corrected chi connectivity index (χ4v) is 2.54. The molecule has 5 nitrogen and oxygen atoms in total. The van der Waals surface area contributed by atoms with Crippen LogP contribution in [0.4, 0.5) is 4.39 Å². The van der Waals surface area contributed by atoms with Crippen LogP contribution in [0.3, 0.4) is 0 Å². The number of halogens is 1. The van der Waals surface area contributed by atoms with Gasteiger partial charge in [0.1, 0.15) is 17.8 Å². The largest absolute Gasteiger partial charge is 0.364 e. The monoisotopic (exact) mass is 322 g/mol. The molecule has 0 aliphatic rings. The predicted molar refractivity (Wildman–Crippen MR) is 87.2 cm³/mol. The van der Waals surface area contributed by atoms with Crippen LogP contribution in [0.25, 0.3) is 0 Å². The normalized spacial score (nSPS) is 11.5. The van der Waals surface area contributed by atoms with Crippen molar-refractivity contribution in [3.05, 3.63) is 53.2 Å². The highest BCUT2D eigenvalue weighted by molar-refractivity contribution is 7.97. The third-order valence-corrected chi connectivity index (χ3v) is 3.67. The van der Waals surface area contributed by atoms with Crippen LogP contribution in [0, 0.1) is 5.82 Å². The van der Waals surface area contributed by atoms with Crippen molar-refractivity contribution in [3.63, 3.8) is 0 Å². The second-order valence-corrected chi connectivity index (χ2v) is 5.48. The number of nitrogens with zero attached hydrogens (tertiary/aromatic N) is 2. The smallest absolute Gasteiger partial charge is 0.191 e. The number of aliphatic imine (C=N–C) groups is 1. The summed E-state index contributed by atoms with van der Waals surface area (Å²) in [6.45, 7) is 1.10. The summed E-state index contributed by atoms with van der Waals surface area (Å²) in [5.41, 5.74) is 2.85. The van der Waals surface area contributed by atoms with Crippen LogP contribution in [0.1, 0.15) is 16.8 Å². The summed E-state index contributed by atoms with van der Waals surface area (Å²) in [6, 6.07) is 6.65. The van der Waals surface area contributed by atoms with Gasteiger partial charge in [0.2, 0.25) is 0 Å². The molecule has 0 aliphatic heterocycles. The number of hydrogen-bond donors (Lipinski definition) is 2. The summed E-state index contributed by atoms with van der Waals surface area (Å²) in [5, 5.41) is 10.2. The number of thioether (sulfide) groups is 1. The van der Waals surface area contributed by atoms with Crippen LogP contribution in [0.15, 0.2) is 40.0 Å². The molecule has 22 heavy (non-hydrogen) atoms. The van der Waals surface area contributed by atoms with Crippen LogP contribution >= 0.6 is 11.8 Å². The molecule has 0 fully saturated rings. The summed E-state index contributed by atoms with van der Waals surface area (Å²) >= 11 is 1.67. The Bertz CT molecular complexity index is 616. The van der Waals surface area contributed by atoms with Crippen LogP contribution in [0.5, 0.6) is 0 Å². The number of benzene rings is 1. The van der Waals surface area contributed by atoms with Crippen molar-refractivity contribution >= 4 is 17.7 Å². The van der Waals surface area contributed by atoms with E-state index in [1.165, 1.54) is 12.3 Å². The van der Waals surface area contributed by atoms with E-state index in [0.717, 1.165) is 22.6 Å². The Labute approximate surface area is 133 Å². The lowest BCUT2D eigenvalue weighted by Gasteiger charge is -2.13. The highest BCUT2D eigenvalue weighted by Crippen LogP contribution is 2.16. The molecular weight excluding hydrogens is 303 g/mol. The van der Waals surface area contributed by atoms with Gasteiger partial charge < -0.3 is 15.2 Å². The fraction of sp³-hybridized carbons (Fsp3) is 0.333. The molecule has 0 radical (unpaired) electrons. The minimum Gasteiger partial charge on any atom is -0.364 e. The Hall–Kier alpha value is -2.02. The van der Waals surface area contributed by atoms with E-state index < -0.39 is 0 Å². The van der Waals surface area contributed by atoms with E-state index in [0.29, 0.717) is 19.0 Å². The lowest BCUT2D eigenvalue weighted by Crippen LogP contribution is -2.36. The second kappa shape index (κ2) is 8.43. The molecule has 7 heteroatoms. The van der Waals surface area contributed by atoms with Crippen molar-refractivity contribution in [2.75, 3.05) is 13.3 Å². The van der Waals surface area contributed by atoms with E-state index >= 15 is 0 Å². The summed E-state index contributed by atoms with van der Waals surface area (Å²) in [6.07, 6.45) is 3.53. The molecule has 0 saturated heterocycles. The molecule has 0 bridgehead atoms. The van der Waals surface area contributed by atoms with Crippen molar-refractivity contribution in [2.45, 2.75) is 18.8 Å².